The van der Waals surface area contributed by atoms with Crippen LogP contribution in [0.2, 0.25) is 0 Å². The zero-order valence-corrected chi connectivity index (χ0v) is 11.9. The van der Waals surface area contributed by atoms with Gasteiger partial charge in [-0.05, 0) is 42.7 Å². The molecule has 2 aromatic rings. The number of hydrogen-bond donors (Lipinski definition) is 1. The standard InChI is InChI=1S/C16H17F3N2/c1-11-9-20-8-7-13(11)10-21-12(2)14-5-3-4-6-15(14)16(17,18)19/h3-9,12,21H,10H2,1-2H3. The van der Waals surface area contributed by atoms with Crippen LogP contribution in [0, 0.1) is 6.92 Å². The van der Waals surface area contributed by atoms with Crippen molar-refractivity contribution in [1.82, 2.24) is 10.3 Å². The second kappa shape index (κ2) is 6.26. The van der Waals surface area contributed by atoms with Crippen molar-refractivity contribution in [2.45, 2.75) is 32.6 Å². The Bertz CT molecular complexity index is 608. The molecule has 0 fully saturated rings. The van der Waals surface area contributed by atoms with Gasteiger partial charge in [0.05, 0.1) is 5.56 Å². The third kappa shape index (κ3) is 3.82. The van der Waals surface area contributed by atoms with Crippen LogP contribution < -0.4 is 5.32 Å². The molecule has 1 atom stereocenters. The Labute approximate surface area is 122 Å². The SMILES string of the molecule is Cc1cnccc1CNC(C)c1ccccc1C(F)(F)F. The van der Waals surface area contributed by atoms with Crippen molar-refractivity contribution in [3.8, 4) is 0 Å². The van der Waals surface area contributed by atoms with Crippen LogP contribution in [0.25, 0.3) is 0 Å². The number of halogens is 3. The molecule has 0 saturated carbocycles. The summed E-state index contributed by atoms with van der Waals surface area (Å²) in [5, 5.41) is 3.14. The van der Waals surface area contributed by atoms with Crippen LogP contribution in [-0.4, -0.2) is 4.98 Å². The molecule has 0 radical (unpaired) electrons. The van der Waals surface area contributed by atoms with Crippen LogP contribution in [0.5, 0.6) is 0 Å². The highest BCUT2D eigenvalue weighted by Gasteiger charge is 2.33. The molecule has 0 spiro atoms. The molecule has 0 saturated heterocycles. The number of aromatic nitrogens is 1. The number of hydrogen-bond acceptors (Lipinski definition) is 2. The Morgan fingerprint density at radius 2 is 1.90 bits per heavy atom. The van der Waals surface area contributed by atoms with Crippen LogP contribution in [-0.2, 0) is 12.7 Å². The van der Waals surface area contributed by atoms with Gasteiger partial charge in [0.15, 0.2) is 0 Å². The normalized spacial score (nSPS) is 13.2. The molecule has 0 amide bonds. The molecule has 0 aliphatic carbocycles. The van der Waals surface area contributed by atoms with Gasteiger partial charge in [-0.25, -0.2) is 0 Å². The molecule has 1 aromatic carbocycles. The Hall–Kier alpha value is -1.88. The van der Waals surface area contributed by atoms with Crippen LogP contribution in [0.3, 0.4) is 0 Å². The van der Waals surface area contributed by atoms with E-state index < -0.39 is 17.8 Å². The van der Waals surface area contributed by atoms with E-state index in [1.165, 1.54) is 12.1 Å². The second-order valence-corrected chi connectivity index (χ2v) is 4.99. The average molecular weight is 294 g/mol. The van der Waals surface area contributed by atoms with E-state index in [1.807, 2.05) is 13.0 Å². The Morgan fingerprint density at radius 1 is 1.19 bits per heavy atom. The van der Waals surface area contributed by atoms with Crippen LogP contribution >= 0.6 is 0 Å². The fourth-order valence-electron chi connectivity index (χ4n) is 2.21. The molecule has 21 heavy (non-hydrogen) atoms. The lowest BCUT2D eigenvalue weighted by atomic mass is 10.0. The topological polar surface area (TPSA) is 24.9 Å². The van der Waals surface area contributed by atoms with Gasteiger partial charge in [-0.1, -0.05) is 18.2 Å². The molecule has 1 aromatic heterocycles. The first-order valence-electron chi connectivity index (χ1n) is 6.68. The number of nitrogens with one attached hydrogen (secondary N) is 1. The van der Waals surface area contributed by atoms with Gasteiger partial charge in [-0.15, -0.1) is 0 Å². The molecular weight excluding hydrogens is 277 g/mol. The van der Waals surface area contributed by atoms with Crippen LogP contribution in [0.15, 0.2) is 42.7 Å². The Kier molecular flexibility index (Phi) is 4.63. The van der Waals surface area contributed by atoms with E-state index >= 15 is 0 Å². The van der Waals surface area contributed by atoms with Crippen molar-refractivity contribution in [1.29, 1.82) is 0 Å². The molecule has 2 rings (SSSR count). The first-order valence-corrected chi connectivity index (χ1v) is 6.68. The van der Waals surface area contributed by atoms with Crippen molar-refractivity contribution in [2.24, 2.45) is 0 Å². The highest BCUT2D eigenvalue weighted by molar-refractivity contribution is 5.32. The number of rotatable bonds is 4. The van der Waals surface area contributed by atoms with Gasteiger partial charge < -0.3 is 5.32 Å². The summed E-state index contributed by atoms with van der Waals surface area (Å²) in [4.78, 5) is 4.00. The van der Waals surface area contributed by atoms with Gasteiger partial charge >= 0.3 is 6.18 Å². The number of aryl methyl sites for hydroxylation is 1. The van der Waals surface area contributed by atoms with Gasteiger partial charge in [0.1, 0.15) is 0 Å². The summed E-state index contributed by atoms with van der Waals surface area (Å²) in [6.07, 6.45) is -0.914. The summed E-state index contributed by atoms with van der Waals surface area (Å²) in [5.74, 6) is 0. The summed E-state index contributed by atoms with van der Waals surface area (Å²) in [5.41, 5.74) is 1.72. The van der Waals surface area contributed by atoms with E-state index in [1.54, 1.807) is 25.4 Å². The number of benzene rings is 1. The molecule has 0 bridgehead atoms. The van der Waals surface area contributed by atoms with Gasteiger partial charge in [-0.3, -0.25) is 4.98 Å². The van der Waals surface area contributed by atoms with E-state index in [4.69, 9.17) is 0 Å². The van der Waals surface area contributed by atoms with Crippen molar-refractivity contribution in [3.05, 3.63) is 65.0 Å². The largest absolute Gasteiger partial charge is 0.416 e. The van der Waals surface area contributed by atoms with Crippen molar-refractivity contribution in [3.63, 3.8) is 0 Å². The second-order valence-electron chi connectivity index (χ2n) is 4.99. The number of alkyl halides is 3. The maximum atomic E-state index is 13.0. The third-order valence-corrected chi connectivity index (χ3v) is 3.47. The molecule has 1 unspecified atom stereocenters. The minimum absolute atomic E-state index is 0.261. The lowest BCUT2D eigenvalue weighted by Crippen LogP contribution is -2.22. The molecule has 1 heterocycles. The fraction of sp³-hybridized carbons (Fsp3) is 0.312. The van der Waals surface area contributed by atoms with Crippen molar-refractivity contribution < 1.29 is 13.2 Å². The molecule has 5 heteroatoms. The predicted molar refractivity (Wildman–Crippen MR) is 75.7 cm³/mol. The minimum atomic E-state index is -4.33. The van der Waals surface area contributed by atoms with Crippen LogP contribution in [0.4, 0.5) is 13.2 Å². The summed E-state index contributed by atoms with van der Waals surface area (Å²) in [6, 6.07) is 7.14. The fourth-order valence-corrected chi connectivity index (χ4v) is 2.21. The zero-order chi connectivity index (χ0) is 15.5. The first kappa shape index (κ1) is 15.5. The summed E-state index contributed by atoms with van der Waals surface area (Å²) in [6.45, 7) is 4.17. The summed E-state index contributed by atoms with van der Waals surface area (Å²) in [7, 11) is 0. The summed E-state index contributed by atoms with van der Waals surface area (Å²) >= 11 is 0. The van der Waals surface area contributed by atoms with Crippen molar-refractivity contribution >= 4 is 0 Å². The van der Waals surface area contributed by atoms with E-state index in [0.717, 1.165) is 17.2 Å². The monoisotopic (exact) mass is 294 g/mol. The molecule has 1 N–H and O–H groups in total. The minimum Gasteiger partial charge on any atom is -0.306 e. The molecule has 0 aliphatic heterocycles. The predicted octanol–water partition coefficient (Wildman–Crippen LogP) is 4.26. The molecule has 112 valence electrons. The maximum Gasteiger partial charge on any atom is 0.416 e. The van der Waals surface area contributed by atoms with Gasteiger partial charge in [-0.2, -0.15) is 13.2 Å². The number of pyridine rings is 1. The van der Waals surface area contributed by atoms with Gasteiger partial charge in [0, 0.05) is 25.0 Å². The smallest absolute Gasteiger partial charge is 0.306 e. The Morgan fingerprint density at radius 3 is 2.57 bits per heavy atom. The van der Waals surface area contributed by atoms with Gasteiger partial charge in [0.25, 0.3) is 0 Å². The van der Waals surface area contributed by atoms with Gasteiger partial charge in [0.2, 0.25) is 0 Å². The van der Waals surface area contributed by atoms with Crippen molar-refractivity contribution in [2.75, 3.05) is 0 Å². The Balaban J connectivity index is 2.15. The van der Waals surface area contributed by atoms with E-state index in [-0.39, 0.29) is 5.56 Å². The highest BCUT2D eigenvalue weighted by atomic mass is 19.4. The molecule has 2 nitrogen and oxygen atoms in total. The van der Waals surface area contributed by atoms with E-state index in [0.29, 0.717) is 6.54 Å². The lowest BCUT2D eigenvalue weighted by Gasteiger charge is -2.20. The number of nitrogens with zero attached hydrogens (tertiary/aromatic N) is 1. The van der Waals surface area contributed by atoms with E-state index in [9.17, 15) is 13.2 Å². The summed E-state index contributed by atoms with van der Waals surface area (Å²) < 4.78 is 39.0. The zero-order valence-electron chi connectivity index (χ0n) is 11.9. The highest BCUT2D eigenvalue weighted by Crippen LogP contribution is 2.34. The first-order chi connectivity index (χ1) is 9.89. The third-order valence-electron chi connectivity index (χ3n) is 3.47. The maximum absolute atomic E-state index is 13.0. The quantitative estimate of drug-likeness (QED) is 0.911. The molecule has 0 aliphatic rings. The molecular formula is C16H17F3N2. The van der Waals surface area contributed by atoms with E-state index in [2.05, 4.69) is 10.3 Å². The van der Waals surface area contributed by atoms with Crippen LogP contribution in [0.1, 0.15) is 35.2 Å². The lowest BCUT2D eigenvalue weighted by molar-refractivity contribution is -0.138. The average Bonchev–Trinajstić information content (AvgIpc) is 2.45.